The molecule has 0 N–H and O–H groups in total. The van der Waals surface area contributed by atoms with E-state index in [0.29, 0.717) is 0 Å². The van der Waals surface area contributed by atoms with Gasteiger partial charge in [0.15, 0.2) is 5.82 Å². The fourth-order valence-corrected chi connectivity index (χ4v) is 5.93. The van der Waals surface area contributed by atoms with Crippen LogP contribution in [-0.4, -0.2) is 19.4 Å². The molecule has 38 heavy (non-hydrogen) atoms. The predicted molar refractivity (Wildman–Crippen MR) is 153 cm³/mol. The van der Waals surface area contributed by atoms with Crippen molar-refractivity contribution in [2.45, 2.75) is 0 Å². The van der Waals surface area contributed by atoms with Crippen LogP contribution in [0.25, 0.3) is 83.1 Å². The summed E-state index contributed by atoms with van der Waals surface area (Å²) in [5.41, 5.74) is 8.98. The number of fused-ring (bicyclic) bond motifs is 4. The van der Waals surface area contributed by atoms with Gasteiger partial charge in [-0.1, -0.05) is 72.8 Å². The van der Waals surface area contributed by atoms with Crippen molar-refractivity contribution in [3.8, 4) is 22.8 Å². The van der Waals surface area contributed by atoms with E-state index in [2.05, 4.69) is 52.9 Å². The van der Waals surface area contributed by atoms with Crippen LogP contribution in [0.15, 0.2) is 114 Å². The Hall–Kier alpha value is -5.29. The Morgan fingerprint density at radius 2 is 1.21 bits per heavy atom. The van der Waals surface area contributed by atoms with Gasteiger partial charge in [-0.05, 0) is 41.8 Å². The lowest BCUT2D eigenvalue weighted by molar-refractivity contribution is 0.669. The number of hydrogen-bond donors (Lipinski definition) is 0. The van der Waals surface area contributed by atoms with Crippen molar-refractivity contribution in [1.82, 2.24) is 19.4 Å². The van der Waals surface area contributed by atoms with Gasteiger partial charge in [0.1, 0.15) is 22.6 Å². The van der Waals surface area contributed by atoms with Crippen LogP contribution in [0.4, 0.5) is 0 Å². The number of aromatic nitrogens is 4. The van der Waals surface area contributed by atoms with E-state index in [1.54, 1.807) is 0 Å². The lowest BCUT2D eigenvalue weighted by Crippen LogP contribution is -1.99. The standard InChI is InChI=1S/C33H18N4O/c1-2-9-19(10-3-1)30-31(35-23-14-6-5-13-22(23)34-30)33-36-24-17-18-27-29-28-21(12-8-16-26(28)38-27)20-11-4-7-15-25(20)37(33)32(24)29/h1-18H. The van der Waals surface area contributed by atoms with Crippen LogP contribution in [0.3, 0.4) is 0 Å². The van der Waals surface area contributed by atoms with Crippen LogP contribution in [-0.2, 0) is 0 Å². The van der Waals surface area contributed by atoms with Gasteiger partial charge in [0, 0.05) is 16.3 Å². The lowest BCUT2D eigenvalue weighted by atomic mass is 10.1. The zero-order valence-electron chi connectivity index (χ0n) is 20.1. The van der Waals surface area contributed by atoms with Crippen LogP contribution < -0.4 is 0 Å². The first-order valence-electron chi connectivity index (χ1n) is 12.6. The predicted octanol–water partition coefficient (Wildman–Crippen LogP) is 8.26. The maximum atomic E-state index is 6.34. The molecule has 0 bridgehead atoms. The van der Waals surface area contributed by atoms with Crippen molar-refractivity contribution in [3.05, 3.63) is 109 Å². The molecule has 5 aromatic carbocycles. The Labute approximate surface area is 216 Å². The summed E-state index contributed by atoms with van der Waals surface area (Å²) in [4.78, 5) is 15.5. The molecule has 0 radical (unpaired) electrons. The van der Waals surface area contributed by atoms with Crippen LogP contribution >= 0.6 is 0 Å². The molecule has 9 aromatic rings. The quantitative estimate of drug-likeness (QED) is 0.247. The molecule has 0 unspecified atom stereocenters. The van der Waals surface area contributed by atoms with E-state index in [4.69, 9.17) is 19.4 Å². The highest BCUT2D eigenvalue weighted by Crippen LogP contribution is 2.43. The van der Waals surface area contributed by atoms with Gasteiger partial charge in [-0.2, -0.15) is 0 Å². The van der Waals surface area contributed by atoms with E-state index in [1.807, 2.05) is 60.7 Å². The van der Waals surface area contributed by atoms with Gasteiger partial charge < -0.3 is 4.42 Å². The third-order valence-electron chi connectivity index (χ3n) is 7.54. The molecule has 5 heteroatoms. The van der Waals surface area contributed by atoms with Gasteiger partial charge in [0.25, 0.3) is 0 Å². The third kappa shape index (κ3) is 2.52. The summed E-state index contributed by atoms with van der Waals surface area (Å²) in [5.74, 6) is 0.763. The minimum absolute atomic E-state index is 0.750. The number of imidazole rings is 1. The second kappa shape index (κ2) is 7.14. The molecular weight excluding hydrogens is 468 g/mol. The number of benzene rings is 5. The Morgan fingerprint density at radius 3 is 2.08 bits per heavy atom. The first kappa shape index (κ1) is 19.8. The average Bonchev–Trinajstić information content (AvgIpc) is 3.51. The Bertz CT molecular complexity index is 2350. The summed E-state index contributed by atoms with van der Waals surface area (Å²) in [6.07, 6.45) is 0. The highest BCUT2D eigenvalue weighted by Gasteiger charge is 2.24. The number of hydrogen-bond acceptors (Lipinski definition) is 4. The summed E-state index contributed by atoms with van der Waals surface area (Å²) < 4.78 is 8.60. The van der Waals surface area contributed by atoms with Gasteiger partial charge in [0.2, 0.25) is 0 Å². The summed E-state index contributed by atoms with van der Waals surface area (Å²) in [6, 6.07) is 37.1. The molecule has 5 nitrogen and oxygen atoms in total. The monoisotopic (exact) mass is 486 g/mol. The van der Waals surface area contributed by atoms with Crippen LogP contribution in [0, 0.1) is 0 Å². The van der Waals surface area contributed by atoms with Crippen molar-refractivity contribution in [2.24, 2.45) is 0 Å². The summed E-state index contributed by atoms with van der Waals surface area (Å²) in [5, 5.41) is 4.50. The van der Waals surface area contributed by atoms with Gasteiger partial charge in [0.05, 0.1) is 33.0 Å². The number of nitrogens with zero attached hydrogens (tertiary/aromatic N) is 4. The van der Waals surface area contributed by atoms with E-state index in [-0.39, 0.29) is 0 Å². The molecule has 0 saturated heterocycles. The smallest absolute Gasteiger partial charge is 0.166 e. The normalized spacial score (nSPS) is 12.2. The van der Waals surface area contributed by atoms with Crippen molar-refractivity contribution in [3.63, 3.8) is 0 Å². The van der Waals surface area contributed by atoms with E-state index in [1.165, 1.54) is 0 Å². The lowest BCUT2D eigenvalue weighted by Gasteiger charge is -2.10. The minimum atomic E-state index is 0.750. The molecule has 0 amide bonds. The largest absolute Gasteiger partial charge is 0.456 e. The molecule has 176 valence electrons. The fraction of sp³-hybridized carbons (Fsp3) is 0. The van der Waals surface area contributed by atoms with Gasteiger partial charge in [-0.3, -0.25) is 4.40 Å². The SMILES string of the molecule is c1ccc(-c2nc3ccccc3nc2-c2nc3ccc4oc5cccc6c7ccccc7n2c3c4c56)cc1. The Kier molecular flexibility index (Phi) is 3.73. The molecule has 0 fully saturated rings. The minimum Gasteiger partial charge on any atom is -0.456 e. The molecule has 0 aliphatic heterocycles. The highest BCUT2D eigenvalue weighted by atomic mass is 16.3. The summed E-state index contributed by atoms with van der Waals surface area (Å²) in [6.45, 7) is 0. The third-order valence-corrected chi connectivity index (χ3v) is 7.54. The molecule has 0 aliphatic carbocycles. The van der Waals surface area contributed by atoms with E-state index < -0.39 is 0 Å². The maximum absolute atomic E-state index is 6.34. The fourth-order valence-electron chi connectivity index (χ4n) is 5.93. The average molecular weight is 487 g/mol. The number of para-hydroxylation sites is 3. The topological polar surface area (TPSA) is 56.2 Å². The summed E-state index contributed by atoms with van der Waals surface area (Å²) >= 11 is 0. The van der Waals surface area contributed by atoms with E-state index in [0.717, 1.165) is 83.1 Å². The van der Waals surface area contributed by atoms with Crippen molar-refractivity contribution in [2.75, 3.05) is 0 Å². The first-order valence-corrected chi connectivity index (χ1v) is 12.6. The summed E-state index contributed by atoms with van der Waals surface area (Å²) in [7, 11) is 0. The first-order chi connectivity index (χ1) is 18.8. The van der Waals surface area contributed by atoms with Gasteiger partial charge in [-0.25, -0.2) is 15.0 Å². The van der Waals surface area contributed by atoms with E-state index >= 15 is 0 Å². The van der Waals surface area contributed by atoms with Crippen molar-refractivity contribution in [1.29, 1.82) is 0 Å². The molecular formula is C33H18N4O. The molecule has 0 aliphatic rings. The second-order valence-electron chi connectivity index (χ2n) is 9.65. The number of furan rings is 1. The van der Waals surface area contributed by atoms with Crippen LogP contribution in [0.1, 0.15) is 0 Å². The van der Waals surface area contributed by atoms with Crippen LogP contribution in [0.5, 0.6) is 0 Å². The Morgan fingerprint density at radius 1 is 0.500 bits per heavy atom. The molecule has 0 spiro atoms. The van der Waals surface area contributed by atoms with Crippen molar-refractivity contribution < 1.29 is 4.42 Å². The molecule has 4 heterocycles. The molecule has 9 rings (SSSR count). The molecule has 0 atom stereocenters. The zero-order valence-corrected chi connectivity index (χ0v) is 20.1. The Balaban J connectivity index is 1.56. The highest BCUT2D eigenvalue weighted by molar-refractivity contribution is 6.28. The molecule has 0 saturated carbocycles. The van der Waals surface area contributed by atoms with Gasteiger partial charge >= 0.3 is 0 Å². The van der Waals surface area contributed by atoms with Crippen LogP contribution in [0.2, 0.25) is 0 Å². The maximum Gasteiger partial charge on any atom is 0.166 e. The van der Waals surface area contributed by atoms with Crippen molar-refractivity contribution >= 4 is 60.3 Å². The molecule has 4 aromatic heterocycles. The van der Waals surface area contributed by atoms with E-state index in [9.17, 15) is 0 Å². The second-order valence-corrected chi connectivity index (χ2v) is 9.65. The zero-order chi connectivity index (χ0) is 24.8. The van der Waals surface area contributed by atoms with Gasteiger partial charge in [-0.15, -0.1) is 0 Å². The number of rotatable bonds is 2.